The van der Waals surface area contributed by atoms with Gasteiger partial charge in [-0.1, -0.05) is 23.7 Å². The Morgan fingerprint density at radius 2 is 2.26 bits per heavy atom. The first-order valence-corrected chi connectivity index (χ1v) is 8.04. The fourth-order valence-electron chi connectivity index (χ4n) is 2.11. The highest BCUT2D eigenvalue weighted by molar-refractivity contribution is 7.99. The molecule has 0 spiro atoms. The Morgan fingerprint density at radius 1 is 1.53 bits per heavy atom. The van der Waals surface area contributed by atoms with Crippen LogP contribution >= 0.6 is 23.4 Å². The SMILES string of the molecule is CC(NC(=O)CC1CSCCN1)c1ccc(Cl)cc1. The predicted octanol–water partition coefficient (Wildman–Crippen LogP) is 2.61. The van der Waals surface area contributed by atoms with Gasteiger partial charge in [0.1, 0.15) is 0 Å². The lowest BCUT2D eigenvalue weighted by Crippen LogP contribution is -2.41. The minimum Gasteiger partial charge on any atom is -0.350 e. The third kappa shape index (κ3) is 4.71. The minimum absolute atomic E-state index is 0.0148. The highest BCUT2D eigenvalue weighted by Gasteiger charge is 2.18. The maximum atomic E-state index is 12.0. The number of nitrogens with one attached hydrogen (secondary N) is 2. The van der Waals surface area contributed by atoms with Crippen molar-refractivity contribution in [3.05, 3.63) is 34.9 Å². The molecule has 2 rings (SSSR count). The van der Waals surface area contributed by atoms with Crippen LogP contribution in [0.2, 0.25) is 5.02 Å². The summed E-state index contributed by atoms with van der Waals surface area (Å²) in [4.78, 5) is 12.0. The average molecular weight is 299 g/mol. The maximum absolute atomic E-state index is 12.0. The summed E-state index contributed by atoms with van der Waals surface area (Å²) in [6.45, 7) is 2.99. The normalized spacial score (nSPS) is 20.8. The molecule has 1 heterocycles. The molecule has 2 atom stereocenters. The molecule has 1 aromatic carbocycles. The molecule has 0 aliphatic carbocycles. The van der Waals surface area contributed by atoms with Crippen molar-refractivity contribution in [2.24, 2.45) is 0 Å². The van der Waals surface area contributed by atoms with E-state index in [1.807, 2.05) is 43.0 Å². The molecule has 1 amide bonds. The van der Waals surface area contributed by atoms with Crippen LogP contribution in [0, 0.1) is 0 Å². The second kappa shape index (κ2) is 7.17. The van der Waals surface area contributed by atoms with Crippen LogP contribution in [-0.4, -0.2) is 30.0 Å². The zero-order valence-corrected chi connectivity index (χ0v) is 12.6. The van der Waals surface area contributed by atoms with Gasteiger partial charge in [0, 0.05) is 35.5 Å². The van der Waals surface area contributed by atoms with Gasteiger partial charge >= 0.3 is 0 Å². The van der Waals surface area contributed by atoms with Gasteiger partial charge in [-0.25, -0.2) is 0 Å². The lowest BCUT2D eigenvalue weighted by Gasteiger charge is -2.23. The van der Waals surface area contributed by atoms with Crippen molar-refractivity contribution < 1.29 is 4.79 Å². The lowest BCUT2D eigenvalue weighted by molar-refractivity contribution is -0.122. The van der Waals surface area contributed by atoms with Gasteiger partial charge in [0.25, 0.3) is 0 Å². The first kappa shape index (κ1) is 14.7. The van der Waals surface area contributed by atoms with Crippen molar-refractivity contribution in [2.45, 2.75) is 25.4 Å². The van der Waals surface area contributed by atoms with Crippen LogP contribution in [0.4, 0.5) is 0 Å². The molecular weight excluding hydrogens is 280 g/mol. The molecule has 0 aromatic heterocycles. The fourth-order valence-corrected chi connectivity index (χ4v) is 3.18. The van der Waals surface area contributed by atoms with Gasteiger partial charge in [-0.05, 0) is 24.6 Å². The van der Waals surface area contributed by atoms with E-state index in [1.165, 1.54) is 0 Å². The number of hydrogen-bond acceptors (Lipinski definition) is 3. The Bertz CT molecular complexity index is 418. The molecule has 1 aliphatic heterocycles. The van der Waals surface area contributed by atoms with E-state index in [0.29, 0.717) is 17.5 Å². The molecule has 5 heteroatoms. The van der Waals surface area contributed by atoms with Crippen LogP contribution in [0.15, 0.2) is 24.3 Å². The number of carbonyl (C=O) groups excluding carboxylic acids is 1. The Kier molecular flexibility index (Phi) is 5.55. The molecule has 19 heavy (non-hydrogen) atoms. The molecule has 0 bridgehead atoms. The van der Waals surface area contributed by atoms with E-state index in [2.05, 4.69) is 10.6 Å². The second-order valence-corrected chi connectivity index (χ2v) is 6.36. The molecule has 104 valence electrons. The standard InChI is InChI=1S/C14H19ClN2OS/c1-10(11-2-4-12(15)5-3-11)17-14(18)8-13-9-19-7-6-16-13/h2-5,10,13,16H,6-9H2,1H3,(H,17,18). The predicted molar refractivity (Wildman–Crippen MR) is 81.7 cm³/mol. The van der Waals surface area contributed by atoms with E-state index >= 15 is 0 Å². The molecule has 1 aliphatic rings. The summed E-state index contributed by atoms with van der Waals surface area (Å²) in [5, 5.41) is 7.12. The fraction of sp³-hybridized carbons (Fsp3) is 0.500. The molecule has 1 saturated heterocycles. The van der Waals surface area contributed by atoms with Gasteiger partial charge < -0.3 is 10.6 Å². The van der Waals surface area contributed by atoms with Crippen molar-refractivity contribution in [1.29, 1.82) is 0 Å². The van der Waals surface area contributed by atoms with E-state index < -0.39 is 0 Å². The third-order valence-electron chi connectivity index (χ3n) is 3.18. The molecule has 1 fully saturated rings. The summed E-state index contributed by atoms with van der Waals surface area (Å²) in [5.74, 6) is 2.25. The van der Waals surface area contributed by atoms with Crippen molar-refractivity contribution in [3.8, 4) is 0 Å². The number of thioether (sulfide) groups is 1. The van der Waals surface area contributed by atoms with Crippen LogP contribution < -0.4 is 10.6 Å². The number of benzene rings is 1. The Morgan fingerprint density at radius 3 is 2.89 bits per heavy atom. The molecular formula is C14H19ClN2OS. The lowest BCUT2D eigenvalue weighted by atomic mass is 10.1. The van der Waals surface area contributed by atoms with Crippen LogP contribution in [0.1, 0.15) is 24.9 Å². The first-order chi connectivity index (χ1) is 9.15. The highest BCUT2D eigenvalue weighted by Crippen LogP contribution is 2.16. The van der Waals surface area contributed by atoms with Gasteiger partial charge in [-0.2, -0.15) is 11.8 Å². The van der Waals surface area contributed by atoms with Crippen LogP contribution in [-0.2, 0) is 4.79 Å². The number of carbonyl (C=O) groups is 1. The van der Waals surface area contributed by atoms with Gasteiger partial charge in [-0.15, -0.1) is 0 Å². The van der Waals surface area contributed by atoms with Crippen LogP contribution in [0.5, 0.6) is 0 Å². The van der Waals surface area contributed by atoms with Gasteiger partial charge in [0.15, 0.2) is 0 Å². The summed E-state index contributed by atoms with van der Waals surface area (Å²) >= 11 is 7.76. The molecule has 3 nitrogen and oxygen atoms in total. The number of amides is 1. The zero-order chi connectivity index (χ0) is 13.7. The Hall–Kier alpha value is -0.710. The molecule has 2 unspecified atom stereocenters. The Labute approximate surface area is 123 Å². The highest BCUT2D eigenvalue weighted by atomic mass is 35.5. The molecule has 2 N–H and O–H groups in total. The van der Waals surface area contributed by atoms with Gasteiger partial charge in [0.05, 0.1) is 6.04 Å². The van der Waals surface area contributed by atoms with E-state index in [0.717, 1.165) is 23.6 Å². The largest absolute Gasteiger partial charge is 0.350 e. The van der Waals surface area contributed by atoms with E-state index in [1.54, 1.807) is 0 Å². The van der Waals surface area contributed by atoms with Crippen molar-refractivity contribution in [3.63, 3.8) is 0 Å². The third-order valence-corrected chi connectivity index (χ3v) is 4.56. The average Bonchev–Trinajstić information content (AvgIpc) is 2.40. The van der Waals surface area contributed by atoms with Gasteiger partial charge in [0.2, 0.25) is 5.91 Å². The monoisotopic (exact) mass is 298 g/mol. The van der Waals surface area contributed by atoms with E-state index in [9.17, 15) is 4.79 Å². The summed E-state index contributed by atoms with van der Waals surface area (Å²) in [6.07, 6.45) is 0.547. The first-order valence-electron chi connectivity index (χ1n) is 6.51. The van der Waals surface area contributed by atoms with E-state index in [-0.39, 0.29) is 11.9 Å². The Balaban J connectivity index is 1.82. The number of rotatable bonds is 4. The molecule has 0 radical (unpaired) electrons. The zero-order valence-electron chi connectivity index (χ0n) is 11.0. The summed E-state index contributed by atoms with van der Waals surface area (Å²) in [7, 11) is 0. The minimum atomic E-state index is 0.0148. The van der Waals surface area contributed by atoms with Crippen molar-refractivity contribution in [2.75, 3.05) is 18.1 Å². The summed E-state index contributed by atoms with van der Waals surface area (Å²) in [6, 6.07) is 7.90. The summed E-state index contributed by atoms with van der Waals surface area (Å²) in [5.41, 5.74) is 1.07. The van der Waals surface area contributed by atoms with Crippen molar-refractivity contribution in [1.82, 2.24) is 10.6 Å². The van der Waals surface area contributed by atoms with E-state index in [4.69, 9.17) is 11.6 Å². The smallest absolute Gasteiger partial charge is 0.222 e. The number of hydrogen-bond donors (Lipinski definition) is 2. The molecule has 1 aromatic rings. The number of halogens is 1. The van der Waals surface area contributed by atoms with Crippen molar-refractivity contribution >= 4 is 29.3 Å². The topological polar surface area (TPSA) is 41.1 Å². The van der Waals surface area contributed by atoms with Crippen LogP contribution in [0.3, 0.4) is 0 Å². The van der Waals surface area contributed by atoms with Gasteiger partial charge in [-0.3, -0.25) is 4.79 Å². The quantitative estimate of drug-likeness (QED) is 0.898. The summed E-state index contributed by atoms with van der Waals surface area (Å²) < 4.78 is 0. The molecule has 0 saturated carbocycles. The van der Waals surface area contributed by atoms with Crippen LogP contribution in [0.25, 0.3) is 0 Å². The second-order valence-electron chi connectivity index (χ2n) is 4.77. The maximum Gasteiger partial charge on any atom is 0.222 e.